The summed E-state index contributed by atoms with van der Waals surface area (Å²) in [7, 11) is 0. The summed E-state index contributed by atoms with van der Waals surface area (Å²) >= 11 is 7.62. The van der Waals surface area contributed by atoms with Crippen LogP contribution in [0.25, 0.3) is 0 Å². The van der Waals surface area contributed by atoms with Crippen molar-refractivity contribution in [1.29, 1.82) is 0 Å². The van der Waals surface area contributed by atoms with Crippen LogP contribution in [0.15, 0.2) is 46.0 Å². The van der Waals surface area contributed by atoms with Crippen LogP contribution >= 0.6 is 22.9 Å². The quantitative estimate of drug-likeness (QED) is 0.550. The number of hydrogen-bond donors (Lipinski definition) is 2. The first-order valence-electron chi connectivity index (χ1n) is 10.5. The number of halogens is 4. The Labute approximate surface area is 202 Å². The molecule has 1 saturated heterocycles. The van der Waals surface area contributed by atoms with Crippen LogP contribution in [-0.4, -0.2) is 65.1 Å². The number of thiazole rings is 1. The van der Waals surface area contributed by atoms with E-state index in [-0.39, 0.29) is 29.4 Å². The molecule has 0 radical (unpaired) electrons. The fourth-order valence-corrected chi connectivity index (χ4v) is 4.96. The lowest BCUT2D eigenvalue weighted by atomic mass is 9.95. The van der Waals surface area contributed by atoms with E-state index >= 15 is 0 Å². The van der Waals surface area contributed by atoms with E-state index in [1.807, 2.05) is 0 Å². The molecule has 182 valence electrons. The standard InChI is InChI=1S/C22H22ClF3N4O3S/c1-2-33-21(32)17-16(9-30-11-22(25,26)8-13(30)10-31)28-19(20-27-5-6-34-20)29-18(17)14-4-3-12(24)7-15(14)23/h3-7,13,18,31H,2,8-11H2,1H3,(H,28,29)/t13-,18+/m1/s1. The van der Waals surface area contributed by atoms with Crippen molar-refractivity contribution >= 4 is 34.7 Å². The van der Waals surface area contributed by atoms with E-state index in [0.717, 1.165) is 6.07 Å². The number of amidine groups is 1. The Morgan fingerprint density at radius 3 is 2.88 bits per heavy atom. The third-order valence-electron chi connectivity index (χ3n) is 5.57. The molecule has 1 aromatic heterocycles. The van der Waals surface area contributed by atoms with Crippen molar-refractivity contribution in [2.45, 2.75) is 31.4 Å². The van der Waals surface area contributed by atoms with Crippen LogP contribution in [0.3, 0.4) is 0 Å². The van der Waals surface area contributed by atoms with Gasteiger partial charge in [-0.25, -0.2) is 22.9 Å². The number of ether oxygens (including phenoxy) is 1. The van der Waals surface area contributed by atoms with Crippen LogP contribution in [-0.2, 0) is 9.53 Å². The van der Waals surface area contributed by atoms with E-state index in [2.05, 4.69) is 15.3 Å². The minimum atomic E-state index is -2.97. The lowest BCUT2D eigenvalue weighted by Gasteiger charge is -2.31. The molecule has 4 rings (SSSR count). The van der Waals surface area contributed by atoms with E-state index in [0.29, 0.717) is 16.4 Å². The third-order valence-corrected chi connectivity index (χ3v) is 6.68. The number of aliphatic hydroxyl groups is 1. The second-order valence-corrected chi connectivity index (χ2v) is 9.22. The maximum absolute atomic E-state index is 14.1. The van der Waals surface area contributed by atoms with Crippen molar-refractivity contribution < 1.29 is 27.8 Å². The molecule has 0 bridgehead atoms. The number of likely N-dealkylation sites (tertiary alicyclic amines) is 1. The number of aliphatic hydroxyl groups excluding tert-OH is 1. The molecule has 0 spiro atoms. The average molecular weight is 515 g/mol. The summed E-state index contributed by atoms with van der Waals surface area (Å²) in [6.45, 7) is 0.572. The van der Waals surface area contributed by atoms with Gasteiger partial charge in [0, 0.05) is 46.9 Å². The fraction of sp³-hybridized carbons (Fsp3) is 0.409. The Morgan fingerprint density at radius 2 is 2.24 bits per heavy atom. The molecule has 7 nitrogen and oxygen atoms in total. The highest BCUT2D eigenvalue weighted by Crippen LogP contribution is 2.38. The highest BCUT2D eigenvalue weighted by molar-refractivity contribution is 7.11. The minimum absolute atomic E-state index is 0.0521. The van der Waals surface area contributed by atoms with Gasteiger partial charge in [-0.2, -0.15) is 0 Å². The molecule has 2 aliphatic rings. The number of rotatable bonds is 7. The zero-order valence-corrected chi connectivity index (χ0v) is 19.7. The van der Waals surface area contributed by atoms with Crippen molar-refractivity contribution in [2.75, 3.05) is 26.3 Å². The Bertz CT molecular complexity index is 1130. The number of carbonyl (C=O) groups is 1. The van der Waals surface area contributed by atoms with E-state index < -0.39 is 49.4 Å². The van der Waals surface area contributed by atoms with Crippen molar-refractivity contribution in [3.05, 3.63) is 62.5 Å². The van der Waals surface area contributed by atoms with Crippen molar-refractivity contribution in [1.82, 2.24) is 15.2 Å². The summed E-state index contributed by atoms with van der Waals surface area (Å²) in [5.41, 5.74) is 0.701. The van der Waals surface area contributed by atoms with E-state index in [1.54, 1.807) is 18.5 Å². The second-order valence-electron chi connectivity index (χ2n) is 7.92. The summed E-state index contributed by atoms with van der Waals surface area (Å²) < 4.78 is 47.3. The number of aliphatic imine (C=N–C) groups is 1. The Hall–Kier alpha value is -2.47. The van der Waals surface area contributed by atoms with Gasteiger partial charge in [0.15, 0.2) is 10.8 Å². The molecule has 3 heterocycles. The van der Waals surface area contributed by atoms with Gasteiger partial charge < -0.3 is 15.2 Å². The van der Waals surface area contributed by atoms with Crippen LogP contribution in [0.5, 0.6) is 0 Å². The number of alkyl halides is 2. The third kappa shape index (κ3) is 5.12. The molecule has 2 aliphatic heterocycles. The molecule has 0 saturated carbocycles. The molecule has 2 N–H and O–H groups in total. The van der Waals surface area contributed by atoms with E-state index in [1.165, 1.54) is 28.4 Å². The maximum Gasteiger partial charge on any atom is 0.338 e. The van der Waals surface area contributed by atoms with Crippen molar-refractivity contribution in [2.24, 2.45) is 4.99 Å². The Morgan fingerprint density at radius 1 is 1.44 bits per heavy atom. The van der Waals surface area contributed by atoms with E-state index in [4.69, 9.17) is 16.3 Å². The average Bonchev–Trinajstić information content (AvgIpc) is 3.41. The minimum Gasteiger partial charge on any atom is -0.463 e. The van der Waals surface area contributed by atoms with Gasteiger partial charge in [-0.1, -0.05) is 17.7 Å². The lowest BCUT2D eigenvalue weighted by Crippen LogP contribution is -2.42. The predicted octanol–water partition coefficient (Wildman–Crippen LogP) is 3.55. The monoisotopic (exact) mass is 514 g/mol. The summed E-state index contributed by atoms with van der Waals surface area (Å²) in [6.07, 6.45) is 1.09. The normalized spacial score (nSPS) is 22.5. The summed E-state index contributed by atoms with van der Waals surface area (Å²) in [5, 5.41) is 15.0. The van der Waals surface area contributed by atoms with Crippen LogP contribution < -0.4 is 5.32 Å². The summed E-state index contributed by atoms with van der Waals surface area (Å²) in [6, 6.07) is 1.96. The molecule has 0 unspecified atom stereocenters. The van der Waals surface area contributed by atoms with Gasteiger partial charge in [0.1, 0.15) is 11.9 Å². The number of benzene rings is 1. The van der Waals surface area contributed by atoms with Crippen LogP contribution in [0.4, 0.5) is 13.2 Å². The first-order chi connectivity index (χ1) is 16.2. The van der Waals surface area contributed by atoms with Gasteiger partial charge in [0.05, 0.1) is 25.3 Å². The smallest absolute Gasteiger partial charge is 0.338 e. The molecule has 0 amide bonds. The highest BCUT2D eigenvalue weighted by Gasteiger charge is 2.45. The summed E-state index contributed by atoms with van der Waals surface area (Å²) in [5.74, 6) is -3.92. The lowest BCUT2D eigenvalue weighted by molar-refractivity contribution is -0.139. The summed E-state index contributed by atoms with van der Waals surface area (Å²) in [4.78, 5) is 23.4. The molecule has 1 aromatic carbocycles. The maximum atomic E-state index is 14.1. The predicted molar refractivity (Wildman–Crippen MR) is 122 cm³/mol. The molecular weight excluding hydrogens is 493 g/mol. The second kappa shape index (κ2) is 10.0. The van der Waals surface area contributed by atoms with Gasteiger partial charge in [0.2, 0.25) is 0 Å². The largest absolute Gasteiger partial charge is 0.463 e. The highest BCUT2D eigenvalue weighted by atomic mass is 35.5. The molecular formula is C22H22ClF3N4O3S. The van der Waals surface area contributed by atoms with Gasteiger partial charge in [-0.3, -0.25) is 9.89 Å². The topological polar surface area (TPSA) is 87.0 Å². The molecule has 2 aromatic rings. The molecule has 0 aliphatic carbocycles. The number of nitrogens with one attached hydrogen (secondary N) is 1. The van der Waals surface area contributed by atoms with Crippen LogP contribution in [0.1, 0.15) is 30.0 Å². The number of carbonyl (C=O) groups excluding carboxylic acids is 1. The van der Waals surface area contributed by atoms with Gasteiger partial charge in [-0.05, 0) is 19.1 Å². The van der Waals surface area contributed by atoms with Crippen molar-refractivity contribution in [3.8, 4) is 0 Å². The van der Waals surface area contributed by atoms with Crippen LogP contribution in [0.2, 0.25) is 5.02 Å². The number of nitrogens with zero attached hydrogens (tertiary/aromatic N) is 3. The SMILES string of the molecule is CCOC(=O)C1=C(CN2CC(F)(F)C[C@@H]2CO)NC(c2nccs2)=N[C@H]1c1ccc(F)cc1Cl. The Balaban J connectivity index is 1.83. The van der Waals surface area contributed by atoms with Gasteiger partial charge >= 0.3 is 5.97 Å². The fourth-order valence-electron chi connectivity index (χ4n) is 4.10. The molecule has 1 fully saturated rings. The van der Waals surface area contributed by atoms with Crippen LogP contribution in [0, 0.1) is 5.82 Å². The molecule has 12 heteroatoms. The van der Waals surface area contributed by atoms with Gasteiger partial charge in [0.25, 0.3) is 5.92 Å². The molecule has 34 heavy (non-hydrogen) atoms. The van der Waals surface area contributed by atoms with E-state index in [9.17, 15) is 23.1 Å². The number of esters is 1. The first kappa shape index (κ1) is 24.6. The molecule has 2 atom stereocenters. The number of hydrogen-bond acceptors (Lipinski definition) is 8. The van der Waals surface area contributed by atoms with Crippen molar-refractivity contribution in [3.63, 3.8) is 0 Å². The zero-order valence-electron chi connectivity index (χ0n) is 18.1. The first-order valence-corrected chi connectivity index (χ1v) is 11.8. The number of aromatic nitrogens is 1. The Kier molecular flexibility index (Phi) is 7.27. The van der Waals surface area contributed by atoms with Gasteiger partial charge in [-0.15, -0.1) is 11.3 Å². The zero-order chi connectivity index (χ0) is 24.5.